The van der Waals surface area contributed by atoms with Crippen molar-refractivity contribution in [3.05, 3.63) is 58.7 Å². The van der Waals surface area contributed by atoms with Crippen molar-refractivity contribution < 1.29 is 14.3 Å². The van der Waals surface area contributed by atoms with E-state index in [1.54, 1.807) is 6.07 Å². The van der Waals surface area contributed by atoms with Crippen molar-refractivity contribution in [3.63, 3.8) is 0 Å². The standard InChI is InChI=1S/C18H20O3/c1-12-8-9-16(10-14(12)3)21-18(19)11-20-17-7-5-6-13(2)15(17)4/h5-10H,11H2,1-4H3. The van der Waals surface area contributed by atoms with Gasteiger partial charge in [0.05, 0.1) is 0 Å². The van der Waals surface area contributed by atoms with E-state index >= 15 is 0 Å². The summed E-state index contributed by atoms with van der Waals surface area (Å²) in [4.78, 5) is 11.8. The van der Waals surface area contributed by atoms with Crippen LogP contribution >= 0.6 is 0 Å². The number of carbonyl (C=O) groups is 1. The summed E-state index contributed by atoms with van der Waals surface area (Å²) in [5, 5.41) is 0. The number of ether oxygens (including phenoxy) is 2. The zero-order chi connectivity index (χ0) is 15.4. The van der Waals surface area contributed by atoms with Crippen LogP contribution in [0.15, 0.2) is 36.4 Å². The fraction of sp³-hybridized carbons (Fsp3) is 0.278. The fourth-order valence-corrected chi connectivity index (χ4v) is 1.96. The molecule has 0 aliphatic heterocycles. The van der Waals surface area contributed by atoms with Gasteiger partial charge in [-0.1, -0.05) is 18.2 Å². The molecule has 0 bridgehead atoms. The van der Waals surface area contributed by atoms with Crippen LogP contribution < -0.4 is 9.47 Å². The summed E-state index contributed by atoms with van der Waals surface area (Å²) < 4.78 is 10.8. The van der Waals surface area contributed by atoms with Gasteiger partial charge < -0.3 is 9.47 Å². The van der Waals surface area contributed by atoms with Gasteiger partial charge in [0.1, 0.15) is 11.5 Å². The molecule has 0 aliphatic carbocycles. The Morgan fingerprint density at radius 2 is 1.71 bits per heavy atom. The van der Waals surface area contributed by atoms with Crippen LogP contribution in [0.2, 0.25) is 0 Å². The molecule has 0 aromatic heterocycles. The molecule has 21 heavy (non-hydrogen) atoms. The van der Waals surface area contributed by atoms with E-state index in [0.717, 1.165) is 16.7 Å². The Kier molecular flexibility index (Phi) is 4.63. The Labute approximate surface area is 125 Å². The Balaban J connectivity index is 1.96. The molecule has 0 aliphatic rings. The first-order valence-electron chi connectivity index (χ1n) is 6.94. The van der Waals surface area contributed by atoms with E-state index < -0.39 is 5.97 Å². The van der Waals surface area contributed by atoms with Crippen LogP contribution in [0, 0.1) is 27.7 Å². The Morgan fingerprint density at radius 1 is 0.952 bits per heavy atom. The quantitative estimate of drug-likeness (QED) is 0.631. The molecular formula is C18H20O3. The second kappa shape index (κ2) is 6.44. The first kappa shape index (κ1) is 15.1. The molecule has 0 saturated heterocycles. The van der Waals surface area contributed by atoms with Gasteiger partial charge in [-0.2, -0.15) is 0 Å². The molecule has 2 aromatic rings. The predicted octanol–water partition coefficient (Wildman–Crippen LogP) is 3.90. The summed E-state index contributed by atoms with van der Waals surface area (Å²) in [5.74, 6) is 0.860. The van der Waals surface area contributed by atoms with Crippen LogP contribution in [0.4, 0.5) is 0 Å². The number of benzene rings is 2. The van der Waals surface area contributed by atoms with Crippen LogP contribution in [0.3, 0.4) is 0 Å². The molecule has 0 fully saturated rings. The molecule has 0 spiro atoms. The molecule has 0 unspecified atom stereocenters. The normalized spacial score (nSPS) is 10.3. The summed E-state index contributed by atoms with van der Waals surface area (Å²) in [6, 6.07) is 11.3. The van der Waals surface area contributed by atoms with Gasteiger partial charge >= 0.3 is 5.97 Å². The van der Waals surface area contributed by atoms with Gasteiger partial charge in [-0.15, -0.1) is 0 Å². The maximum atomic E-state index is 11.8. The number of hydrogen-bond acceptors (Lipinski definition) is 3. The highest BCUT2D eigenvalue weighted by Gasteiger charge is 2.09. The second-order valence-electron chi connectivity index (χ2n) is 5.21. The Bertz CT molecular complexity index is 660. The van der Waals surface area contributed by atoms with Crippen molar-refractivity contribution in [3.8, 4) is 11.5 Å². The third-order valence-corrected chi connectivity index (χ3v) is 3.61. The molecule has 0 N–H and O–H groups in total. The van der Waals surface area contributed by atoms with Gasteiger partial charge in [-0.05, 0) is 68.1 Å². The van der Waals surface area contributed by atoms with Gasteiger partial charge in [0.2, 0.25) is 0 Å². The van der Waals surface area contributed by atoms with Crippen LogP contribution in [-0.2, 0) is 4.79 Å². The number of rotatable bonds is 4. The lowest BCUT2D eigenvalue weighted by Gasteiger charge is -2.11. The van der Waals surface area contributed by atoms with Gasteiger partial charge in [-0.25, -0.2) is 4.79 Å². The number of esters is 1. The third kappa shape index (κ3) is 3.85. The van der Waals surface area contributed by atoms with E-state index in [-0.39, 0.29) is 6.61 Å². The molecule has 0 heterocycles. The minimum absolute atomic E-state index is 0.1000. The van der Waals surface area contributed by atoms with Crippen molar-refractivity contribution in [2.24, 2.45) is 0 Å². The maximum absolute atomic E-state index is 11.8. The van der Waals surface area contributed by atoms with E-state index in [1.165, 1.54) is 5.56 Å². The van der Waals surface area contributed by atoms with Crippen molar-refractivity contribution >= 4 is 5.97 Å². The van der Waals surface area contributed by atoms with E-state index in [2.05, 4.69) is 0 Å². The molecule has 0 radical (unpaired) electrons. The van der Waals surface area contributed by atoms with Crippen LogP contribution in [0.1, 0.15) is 22.3 Å². The molecule has 3 heteroatoms. The van der Waals surface area contributed by atoms with Gasteiger partial charge in [-0.3, -0.25) is 0 Å². The van der Waals surface area contributed by atoms with Crippen LogP contribution in [-0.4, -0.2) is 12.6 Å². The van der Waals surface area contributed by atoms with Crippen molar-refractivity contribution in [2.75, 3.05) is 6.61 Å². The maximum Gasteiger partial charge on any atom is 0.349 e. The predicted molar refractivity (Wildman–Crippen MR) is 83.0 cm³/mol. The average Bonchev–Trinajstić information content (AvgIpc) is 2.44. The SMILES string of the molecule is Cc1ccc(OC(=O)COc2cccc(C)c2C)cc1C. The monoisotopic (exact) mass is 284 g/mol. The van der Waals surface area contributed by atoms with Crippen LogP contribution in [0.25, 0.3) is 0 Å². The van der Waals surface area contributed by atoms with E-state index in [1.807, 2.05) is 58.0 Å². The zero-order valence-electron chi connectivity index (χ0n) is 12.9. The van der Waals surface area contributed by atoms with Crippen LogP contribution in [0.5, 0.6) is 11.5 Å². The summed E-state index contributed by atoms with van der Waals surface area (Å²) in [7, 11) is 0. The van der Waals surface area contributed by atoms with Crippen molar-refractivity contribution in [2.45, 2.75) is 27.7 Å². The first-order valence-corrected chi connectivity index (χ1v) is 6.94. The highest BCUT2D eigenvalue weighted by atomic mass is 16.6. The number of hydrogen-bond donors (Lipinski definition) is 0. The third-order valence-electron chi connectivity index (χ3n) is 3.61. The Morgan fingerprint density at radius 3 is 2.43 bits per heavy atom. The summed E-state index contributed by atoms with van der Waals surface area (Å²) in [6.07, 6.45) is 0. The molecule has 2 aromatic carbocycles. The smallest absolute Gasteiger partial charge is 0.349 e. The molecule has 0 amide bonds. The Hall–Kier alpha value is -2.29. The van der Waals surface area contributed by atoms with E-state index in [0.29, 0.717) is 11.5 Å². The lowest BCUT2D eigenvalue weighted by molar-refractivity contribution is -0.136. The lowest BCUT2D eigenvalue weighted by Crippen LogP contribution is -2.18. The fourth-order valence-electron chi connectivity index (χ4n) is 1.96. The molecule has 0 atom stereocenters. The number of aryl methyl sites for hydroxylation is 3. The summed E-state index contributed by atoms with van der Waals surface area (Å²) in [6.45, 7) is 7.88. The largest absolute Gasteiger partial charge is 0.482 e. The zero-order valence-corrected chi connectivity index (χ0v) is 12.9. The van der Waals surface area contributed by atoms with E-state index in [9.17, 15) is 4.79 Å². The highest BCUT2D eigenvalue weighted by molar-refractivity contribution is 5.74. The number of carbonyl (C=O) groups excluding carboxylic acids is 1. The average molecular weight is 284 g/mol. The topological polar surface area (TPSA) is 35.5 Å². The van der Waals surface area contributed by atoms with E-state index in [4.69, 9.17) is 9.47 Å². The van der Waals surface area contributed by atoms with Gasteiger partial charge in [0.25, 0.3) is 0 Å². The summed E-state index contributed by atoms with van der Waals surface area (Å²) >= 11 is 0. The molecule has 2 rings (SSSR count). The minimum Gasteiger partial charge on any atom is -0.482 e. The first-order chi connectivity index (χ1) is 9.97. The molecule has 110 valence electrons. The van der Waals surface area contributed by atoms with Gasteiger partial charge in [0, 0.05) is 0 Å². The molecular weight excluding hydrogens is 264 g/mol. The molecule has 3 nitrogen and oxygen atoms in total. The van der Waals surface area contributed by atoms with Gasteiger partial charge in [0.15, 0.2) is 6.61 Å². The lowest BCUT2D eigenvalue weighted by atomic mass is 10.1. The van der Waals surface area contributed by atoms with Crippen molar-refractivity contribution in [1.82, 2.24) is 0 Å². The second-order valence-corrected chi connectivity index (χ2v) is 5.21. The summed E-state index contributed by atoms with van der Waals surface area (Å²) in [5.41, 5.74) is 4.43. The molecule has 0 saturated carbocycles. The highest BCUT2D eigenvalue weighted by Crippen LogP contribution is 2.21. The minimum atomic E-state index is -0.404. The van der Waals surface area contributed by atoms with Crippen molar-refractivity contribution in [1.29, 1.82) is 0 Å².